The lowest BCUT2D eigenvalue weighted by molar-refractivity contribution is 0.495. The van der Waals surface area contributed by atoms with Crippen LogP contribution in [0.1, 0.15) is 11.1 Å². The molecule has 1 aromatic rings. The monoisotopic (exact) mass is 137 g/mol. The number of halogens is 1. The topological polar surface area (TPSA) is 0 Å². The average Bonchev–Trinajstić information content (AvgIpc) is 1.88. The highest BCUT2D eigenvalue weighted by Crippen LogP contribution is 2.04. The second-order valence-corrected chi connectivity index (χ2v) is 2.26. The van der Waals surface area contributed by atoms with Crippen molar-refractivity contribution in [3.63, 3.8) is 0 Å². The zero-order chi connectivity index (χ0) is 7.40. The van der Waals surface area contributed by atoms with Crippen LogP contribution in [0.3, 0.4) is 0 Å². The smallest absolute Gasteiger partial charge is 0.0934 e. The van der Waals surface area contributed by atoms with Crippen LogP contribution in [0.25, 0.3) is 0 Å². The SMILES string of the molecule is [CH2]c1cccc(CCF)c1. The Bertz CT molecular complexity index is 206. The van der Waals surface area contributed by atoms with Gasteiger partial charge in [0.1, 0.15) is 0 Å². The minimum atomic E-state index is -0.288. The molecule has 0 fully saturated rings. The number of rotatable bonds is 2. The largest absolute Gasteiger partial charge is 0.251 e. The van der Waals surface area contributed by atoms with Crippen molar-refractivity contribution in [2.45, 2.75) is 6.42 Å². The molecule has 0 unspecified atom stereocenters. The van der Waals surface area contributed by atoms with E-state index in [2.05, 4.69) is 6.92 Å². The van der Waals surface area contributed by atoms with Gasteiger partial charge >= 0.3 is 0 Å². The molecule has 0 saturated heterocycles. The Morgan fingerprint density at radius 3 is 2.80 bits per heavy atom. The molecule has 1 rings (SSSR count). The molecule has 10 heavy (non-hydrogen) atoms. The van der Waals surface area contributed by atoms with E-state index in [1.165, 1.54) is 0 Å². The van der Waals surface area contributed by atoms with E-state index in [1.54, 1.807) is 0 Å². The van der Waals surface area contributed by atoms with E-state index >= 15 is 0 Å². The van der Waals surface area contributed by atoms with Crippen molar-refractivity contribution in [2.24, 2.45) is 0 Å². The summed E-state index contributed by atoms with van der Waals surface area (Å²) in [5.41, 5.74) is 1.97. The molecule has 0 nitrogen and oxygen atoms in total. The van der Waals surface area contributed by atoms with Gasteiger partial charge in [-0.2, -0.15) is 0 Å². The van der Waals surface area contributed by atoms with Gasteiger partial charge in [-0.25, -0.2) is 0 Å². The van der Waals surface area contributed by atoms with E-state index in [-0.39, 0.29) is 6.67 Å². The standard InChI is InChI=1S/C9H10F/c1-8-3-2-4-9(7-8)5-6-10/h2-4,7H,1,5-6H2. The van der Waals surface area contributed by atoms with E-state index in [0.29, 0.717) is 6.42 Å². The van der Waals surface area contributed by atoms with Crippen molar-refractivity contribution in [1.29, 1.82) is 0 Å². The maximum absolute atomic E-state index is 11.8. The summed E-state index contributed by atoms with van der Waals surface area (Å²) in [6.07, 6.45) is 0.503. The van der Waals surface area contributed by atoms with E-state index < -0.39 is 0 Å². The lowest BCUT2D eigenvalue weighted by Crippen LogP contribution is -1.86. The van der Waals surface area contributed by atoms with Crippen LogP contribution >= 0.6 is 0 Å². The van der Waals surface area contributed by atoms with Gasteiger partial charge in [0.05, 0.1) is 6.67 Å². The quantitative estimate of drug-likeness (QED) is 0.587. The summed E-state index contributed by atoms with van der Waals surface area (Å²) >= 11 is 0. The van der Waals surface area contributed by atoms with Gasteiger partial charge < -0.3 is 0 Å². The summed E-state index contributed by atoms with van der Waals surface area (Å²) < 4.78 is 11.8. The van der Waals surface area contributed by atoms with Gasteiger partial charge in [-0.3, -0.25) is 4.39 Å². The second-order valence-electron chi connectivity index (χ2n) is 2.26. The van der Waals surface area contributed by atoms with Crippen LogP contribution in [0.15, 0.2) is 24.3 Å². The predicted molar refractivity (Wildman–Crippen MR) is 40.6 cm³/mol. The Balaban J connectivity index is 2.75. The van der Waals surface area contributed by atoms with Crippen LogP contribution in [-0.4, -0.2) is 6.67 Å². The molecular weight excluding hydrogens is 127 g/mol. The molecule has 0 spiro atoms. The average molecular weight is 137 g/mol. The lowest BCUT2D eigenvalue weighted by Gasteiger charge is -1.96. The van der Waals surface area contributed by atoms with Gasteiger partial charge in [-0.1, -0.05) is 24.3 Å². The van der Waals surface area contributed by atoms with Crippen LogP contribution in [-0.2, 0) is 6.42 Å². The fourth-order valence-corrected chi connectivity index (χ4v) is 0.894. The minimum absolute atomic E-state index is 0.288. The highest BCUT2D eigenvalue weighted by Gasteiger charge is 1.90. The lowest BCUT2D eigenvalue weighted by atomic mass is 10.1. The Morgan fingerprint density at radius 1 is 1.40 bits per heavy atom. The third kappa shape index (κ3) is 1.83. The summed E-state index contributed by atoms with van der Waals surface area (Å²) in [5, 5.41) is 0. The molecule has 0 aliphatic carbocycles. The van der Waals surface area contributed by atoms with E-state index in [4.69, 9.17) is 0 Å². The highest BCUT2D eigenvalue weighted by molar-refractivity contribution is 5.25. The van der Waals surface area contributed by atoms with Crippen molar-refractivity contribution in [3.05, 3.63) is 42.3 Å². The summed E-state index contributed by atoms with van der Waals surface area (Å²) in [5.74, 6) is 0. The van der Waals surface area contributed by atoms with E-state index in [1.807, 2.05) is 24.3 Å². The summed E-state index contributed by atoms with van der Waals surface area (Å²) in [6.45, 7) is 3.45. The van der Waals surface area contributed by atoms with Crippen LogP contribution in [0.4, 0.5) is 4.39 Å². The molecule has 0 heterocycles. The molecule has 53 valence electrons. The second kappa shape index (κ2) is 3.35. The van der Waals surface area contributed by atoms with Crippen LogP contribution in [0, 0.1) is 6.92 Å². The zero-order valence-electron chi connectivity index (χ0n) is 5.81. The maximum atomic E-state index is 11.8. The van der Waals surface area contributed by atoms with Gasteiger partial charge in [-0.15, -0.1) is 0 Å². The van der Waals surface area contributed by atoms with Gasteiger partial charge in [0.25, 0.3) is 0 Å². The molecular formula is C9H10F. The maximum Gasteiger partial charge on any atom is 0.0934 e. The molecule has 0 aliphatic rings. The number of benzene rings is 1. The first-order chi connectivity index (χ1) is 4.83. The molecule has 0 bridgehead atoms. The molecule has 0 saturated carbocycles. The molecule has 0 aliphatic heterocycles. The van der Waals surface area contributed by atoms with Crippen LogP contribution < -0.4 is 0 Å². The van der Waals surface area contributed by atoms with E-state index in [0.717, 1.165) is 11.1 Å². The van der Waals surface area contributed by atoms with Crippen molar-refractivity contribution < 1.29 is 4.39 Å². The Kier molecular flexibility index (Phi) is 2.43. The Labute approximate surface area is 60.7 Å². The van der Waals surface area contributed by atoms with Crippen molar-refractivity contribution in [3.8, 4) is 0 Å². The number of hydrogen-bond acceptors (Lipinski definition) is 0. The molecule has 0 aromatic heterocycles. The van der Waals surface area contributed by atoms with Crippen LogP contribution in [0.5, 0.6) is 0 Å². The zero-order valence-corrected chi connectivity index (χ0v) is 5.81. The fraction of sp³-hybridized carbons (Fsp3) is 0.222. The Morgan fingerprint density at radius 2 is 2.20 bits per heavy atom. The molecule has 0 amide bonds. The molecule has 0 atom stereocenters. The first kappa shape index (κ1) is 7.26. The van der Waals surface area contributed by atoms with Gasteiger partial charge in [0.15, 0.2) is 0 Å². The van der Waals surface area contributed by atoms with Crippen molar-refractivity contribution >= 4 is 0 Å². The highest BCUT2D eigenvalue weighted by atomic mass is 19.1. The fourth-order valence-electron chi connectivity index (χ4n) is 0.894. The van der Waals surface area contributed by atoms with Gasteiger partial charge in [0, 0.05) is 6.42 Å². The van der Waals surface area contributed by atoms with Crippen molar-refractivity contribution in [2.75, 3.05) is 6.67 Å². The summed E-state index contributed by atoms with van der Waals surface area (Å²) in [7, 11) is 0. The third-order valence-electron chi connectivity index (χ3n) is 1.37. The first-order valence-electron chi connectivity index (χ1n) is 3.30. The van der Waals surface area contributed by atoms with Gasteiger partial charge in [-0.05, 0) is 18.1 Å². The molecule has 1 aromatic carbocycles. The normalized spacial score (nSPS) is 9.80. The summed E-state index contributed by atoms with van der Waals surface area (Å²) in [6, 6.07) is 7.61. The number of hydrogen-bond donors (Lipinski definition) is 0. The molecule has 1 heteroatoms. The van der Waals surface area contributed by atoms with Gasteiger partial charge in [0.2, 0.25) is 0 Å². The third-order valence-corrected chi connectivity index (χ3v) is 1.37. The number of aryl methyl sites for hydroxylation is 1. The molecule has 1 radical (unpaired) electrons. The molecule has 0 N–H and O–H groups in total. The van der Waals surface area contributed by atoms with E-state index in [9.17, 15) is 4.39 Å². The predicted octanol–water partition coefficient (Wildman–Crippen LogP) is 2.38. The Hall–Kier alpha value is -0.850. The number of alkyl halides is 1. The van der Waals surface area contributed by atoms with Crippen molar-refractivity contribution in [1.82, 2.24) is 0 Å². The first-order valence-corrected chi connectivity index (χ1v) is 3.30. The van der Waals surface area contributed by atoms with Crippen LogP contribution in [0.2, 0.25) is 0 Å². The minimum Gasteiger partial charge on any atom is -0.251 e. The summed E-state index contributed by atoms with van der Waals surface area (Å²) in [4.78, 5) is 0.